The highest BCUT2D eigenvalue weighted by atomic mass is 16.6. The van der Waals surface area contributed by atoms with E-state index in [-0.39, 0.29) is 11.9 Å². The Kier molecular flexibility index (Phi) is 5.97. The monoisotopic (exact) mass is 405 g/mol. The molecule has 0 aromatic heterocycles. The van der Waals surface area contributed by atoms with Crippen molar-refractivity contribution < 1.29 is 19.1 Å². The summed E-state index contributed by atoms with van der Waals surface area (Å²) in [6, 6.07) is -1.36. The molecule has 2 saturated carbocycles. The standard InChI is InChI=1S/C22H35N3O4/c1-5-22(10-8-6-7-9-11-22)17(24-20(28)29-21(2,3)4)19(27)25-15-12-14(15)13-16(25)18(23)26/h5,14-17H,1,6-13H2,2-4H3,(H2,23,26)(H,24,28)/t14-,15-,16-,17?/m0/s1. The molecule has 0 bridgehead atoms. The predicted octanol–water partition coefficient (Wildman–Crippen LogP) is 2.88. The molecule has 1 aliphatic heterocycles. The first kappa shape index (κ1) is 21.7. The zero-order valence-electron chi connectivity index (χ0n) is 17.9. The molecule has 3 fully saturated rings. The minimum Gasteiger partial charge on any atom is -0.444 e. The number of rotatable bonds is 5. The van der Waals surface area contributed by atoms with Gasteiger partial charge >= 0.3 is 6.09 Å². The van der Waals surface area contributed by atoms with E-state index in [1.165, 1.54) is 0 Å². The van der Waals surface area contributed by atoms with Crippen molar-refractivity contribution in [3.05, 3.63) is 12.7 Å². The van der Waals surface area contributed by atoms with Gasteiger partial charge in [0.2, 0.25) is 11.8 Å². The Morgan fingerprint density at radius 2 is 1.79 bits per heavy atom. The molecule has 3 N–H and O–H groups in total. The second kappa shape index (κ2) is 8.00. The minimum atomic E-state index is -0.811. The number of nitrogens with two attached hydrogens (primary N) is 1. The van der Waals surface area contributed by atoms with Gasteiger partial charge < -0.3 is 20.7 Å². The smallest absolute Gasteiger partial charge is 0.408 e. The molecule has 0 aromatic carbocycles. The van der Waals surface area contributed by atoms with Crippen LogP contribution in [0.4, 0.5) is 4.79 Å². The SMILES string of the molecule is C=CC1(C(NC(=O)OC(C)(C)C)C(=O)N2[C@H](C(N)=O)C[C@@H]3C[C@@H]32)CCCCCC1. The van der Waals surface area contributed by atoms with Gasteiger partial charge in [-0.3, -0.25) is 9.59 Å². The summed E-state index contributed by atoms with van der Waals surface area (Å²) in [4.78, 5) is 40.1. The fourth-order valence-corrected chi connectivity index (χ4v) is 5.05. The van der Waals surface area contributed by atoms with Crippen LogP contribution in [0.1, 0.15) is 72.1 Å². The van der Waals surface area contributed by atoms with E-state index in [1.54, 1.807) is 25.7 Å². The first-order valence-electron chi connectivity index (χ1n) is 10.8. The van der Waals surface area contributed by atoms with Crippen LogP contribution in [0.25, 0.3) is 0 Å². The summed E-state index contributed by atoms with van der Waals surface area (Å²) >= 11 is 0. The zero-order valence-corrected chi connectivity index (χ0v) is 17.9. The van der Waals surface area contributed by atoms with E-state index < -0.39 is 35.1 Å². The average Bonchev–Trinajstić information content (AvgIpc) is 3.35. The van der Waals surface area contributed by atoms with Crippen molar-refractivity contribution >= 4 is 17.9 Å². The van der Waals surface area contributed by atoms with E-state index in [0.29, 0.717) is 12.3 Å². The van der Waals surface area contributed by atoms with Gasteiger partial charge in [0.1, 0.15) is 17.7 Å². The third-order valence-corrected chi connectivity index (χ3v) is 6.61. The summed E-state index contributed by atoms with van der Waals surface area (Å²) in [7, 11) is 0. The molecule has 3 amide bonds. The Morgan fingerprint density at radius 1 is 1.17 bits per heavy atom. The van der Waals surface area contributed by atoms with Crippen molar-refractivity contribution in [2.45, 2.75) is 95.9 Å². The number of primary amides is 1. The summed E-state index contributed by atoms with van der Waals surface area (Å²) in [5.74, 6) is -0.367. The summed E-state index contributed by atoms with van der Waals surface area (Å²) in [6.45, 7) is 9.40. The van der Waals surface area contributed by atoms with E-state index in [0.717, 1.165) is 44.9 Å². The van der Waals surface area contributed by atoms with Crippen molar-refractivity contribution in [2.24, 2.45) is 17.1 Å². The number of amides is 3. The maximum atomic E-state index is 13.8. The molecular formula is C22H35N3O4. The van der Waals surface area contributed by atoms with Crippen molar-refractivity contribution in [1.29, 1.82) is 0 Å². The van der Waals surface area contributed by atoms with Crippen molar-refractivity contribution in [3.8, 4) is 0 Å². The number of piperidine rings is 1. The molecule has 162 valence electrons. The van der Waals surface area contributed by atoms with Crippen LogP contribution in [0.15, 0.2) is 12.7 Å². The number of nitrogens with zero attached hydrogens (tertiary/aromatic N) is 1. The van der Waals surface area contributed by atoms with Gasteiger partial charge in [0.25, 0.3) is 0 Å². The maximum Gasteiger partial charge on any atom is 0.408 e. The number of fused-ring (bicyclic) bond motifs is 1. The highest BCUT2D eigenvalue weighted by Gasteiger charge is 2.58. The molecule has 7 nitrogen and oxygen atoms in total. The number of hydrogen-bond donors (Lipinski definition) is 2. The normalized spacial score (nSPS) is 29.2. The number of carbonyl (C=O) groups excluding carboxylic acids is 3. The van der Waals surface area contributed by atoms with Crippen LogP contribution in [0.2, 0.25) is 0 Å². The fraction of sp³-hybridized carbons (Fsp3) is 0.773. The van der Waals surface area contributed by atoms with Crippen LogP contribution < -0.4 is 11.1 Å². The number of alkyl carbamates (subject to hydrolysis) is 1. The maximum absolute atomic E-state index is 13.8. The topological polar surface area (TPSA) is 102 Å². The third-order valence-electron chi connectivity index (χ3n) is 6.61. The van der Waals surface area contributed by atoms with E-state index in [1.807, 2.05) is 6.08 Å². The Hall–Kier alpha value is -2.05. The number of carbonyl (C=O) groups is 3. The highest BCUT2D eigenvalue weighted by Crippen LogP contribution is 2.49. The Bertz CT molecular complexity index is 676. The molecule has 7 heteroatoms. The second-order valence-electron chi connectivity index (χ2n) is 9.89. The van der Waals surface area contributed by atoms with Crippen LogP contribution in [0.3, 0.4) is 0 Å². The van der Waals surface area contributed by atoms with E-state index >= 15 is 0 Å². The van der Waals surface area contributed by atoms with Crippen LogP contribution >= 0.6 is 0 Å². The molecule has 3 aliphatic rings. The van der Waals surface area contributed by atoms with Crippen molar-refractivity contribution in [1.82, 2.24) is 10.2 Å². The number of ether oxygens (including phenoxy) is 1. The first-order chi connectivity index (χ1) is 13.6. The van der Waals surface area contributed by atoms with E-state index in [4.69, 9.17) is 10.5 Å². The van der Waals surface area contributed by atoms with Crippen LogP contribution in [-0.2, 0) is 14.3 Å². The lowest BCUT2D eigenvalue weighted by atomic mass is 9.73. The molecule has 4 atom stereocenters. The summed E-state index contributed by atoms with van der Waals surface area (Å²) in [5, 5.41) is 2.86. The lowest BCUT2D eigenvalue weighted by Gasteiger charge is -2.40. The number of likely N-dealkylation sites (tertiary alicyclic amines) is 1. The van der Waals surface area contributed by atoms with Crippen LogP contribution in [-0.4, -0.2) is 46.5 Å². The van der Waals surface area contributed by atoms with Gasteiger partial charge in [0.15, 0.2) is 0 Å². The number of hydrogen-bond acceptors (Lipinski definition) is 4. The molecule has 1 unspecified atom stereocenters. The average molecular weight is 406 g/mol. The Balaban J connectivity index is 1.91. The molecular weight excluding hydrogens is 370 g/mol. The van der Waals surface area contributed by atoms with E-state index in [2.05, 4.69) is 11.9 Å². The largest absolute Gasteiger partial charge is 0.444 e. The summed E-state index contributed by atoms with van der Waals surface area (Å²) < 4.78 is 5.46. The first-order valence-corrected chi connectivity index (χ1v) is 10.8. The van der Waals surface area contributed by atoms with Gasteiger partial charge in [-0.15, -0.1) is 6.58 Å². The Labute approximate surface area is 173 Å². The molecule has 29 heavy (non-hydrogen) atoms. The van der Waals surface area contributed by atoms with Gasteiger partial charge in [-0.1, -0.05) is 31.8 Å². The molecule has 0 radical (unpaired) electrons. The molecule has 0 aromatic rings. The van der Waals surface area contributed by atoms with Gasteiger partial charge in [-0.05, 0) is 52.4 Å². The second-order valence-corrected chi connectivity index (χ2v) is 9.89. The predicted molar refractivity (Wildman–Crippen MR) is 110 cm³/mol. The van der Waals surface area contributed by atoms with Gasteiger partial charge in [-0.2, -0.15) is 0 Å². The van der Waals surface area contributed by atoms with Crippen LogP contribution in [0, 0.1) is 11.3 Å². The fourth-order valence-electron chi connectivity index (χ4n) is 5.05. The van der Waals surface area contributed by atoms with Gasteiger partial charge in [0, 0.05) is 11.5 Å². The molecule has 2 aliphatic carbocycles. The van der Waals surface area contributed by atoms with Gasteiger partial charge in [0.05, 0.1) is 0 Å². The highest BCUT2D eigenvalue weighted by molar-refractivity contribution is 5.93. The van der Waals surface area contributed by atoms with Gasteiger partial charge in [-0.25, -0.2) is 4.79 Å². The lowest BCUT2D eigenvalue weighted by Crippen LogP contribution is -2.60. The molecule has 1 heterocycles. The quantitative estimate of drug-likeness (QED) is 0.542. The molecule has 0 spiro atoms. The molecule has 1 saturated heterocycles. The minimum absolute atomic E-state index is 0.0515. The number of nitrogens with one attached hydrogen (secondary N) is 1. The molecule has 3 rings (SSSR count). The van der Waals surface area contributed by atoms with Crippen molar-refractivity contribution in [2.75, 3.05) is 0 Å². The van der Waals surface area contributed by atoms with E-state index in [9.17, 15) is 14.4 Å². The Morgan fingerprint density at radius 3 is 2.31 bits per heavy atom. The lowest BCUT2D eigenvalue weighted by molar-refractivity contribution is -0.142. The zero-order chi connectivity index (χ0) is 21.4. The van der Waals surface area contributed by atoms with Crippen molar-refractivity contribution in [3.63, 3.8) is 0 Å². The summed E-state index contributed by atoms with van der Waals surface area (Å²) in [6.07, 6.45) is 8.40. The summed E-state index contributed by atoms with van der Waals surface area (Å²) in [5.41, 5.74) is 4.37. The van der Waals surface area contributed by atoms with Crippen LogP contribution in [0.5, 0.6) is 0 Å². The third kappa shape index (κ3) is 4.59.